The van der Waals surface area contributed by atoms with Crippen LogP contribution in [-0.4, -0.2) is 0 Å². The summed E-state index contributed by atoms with van der Waals surface area (Å²) in [6.07, 6.45) is 8.62. The Morgan fingerprint density at radius 2 is 1.76 bits per heavy atom. The third kappa shape index (κ3) is 0.792. The second-order valence-corrected chi connectivity index (χ2v) is 6.51. The van der Waals surface area contributed by atoms with Crippen LogP contribution in [0.25, 0.3) is 0 Å². The van der Waals surface area contributed by atoms with Crippen molar-refractivity contribution < 1.29 is 0 Å². The Labute approximate surface area is 103 Å². The average molecular weight is 222 g/mol. The van der Waals surface area contributed by atoms with E-state index in [9.17, 15) is 0 Å². The topological polar surface area (TPSA) is 0 Å². The van der Waals surface area contributed by atoms with Crippen molar-refractivity contribution in [2.45, 2.75) is 38.0 Å². The molecular formula is C17H18. The molecular weight excluding hydrogens is 204 g/mol. The van der Waals surface area contributed by atoms with Gasteiger partial charge in [0.1, 0.15) is 0 Å². The SMILES string of the molecule is CC1=CC23CC2(C=C1)c1ccccc1C3(C)C. The molecule has 0 N–H and O–H groups in total. The Morgan fingerprint density at radius 3 is 2.53 bits per heavy atom. The maximum Gasteiger partial charge on any atom is 0.0247 e. The fourth-order valence-electron chi connectivity index (χ4n) is 4.54. The predicted molar refractivity (Wildman–Crippen MR) is 71.1 cm³/mol. The average Bonchev–Trinajstić information content (AvgIpc) is 2.96. The zero-order chi connectivity index (χ0) is 11.9. The molecule has 0 saturated heterocycles. The molecule has 0 aromatic heterocycles. The summed E-state index contributed by atoms with van der Waals surface area (Å²) < 4.78 is 0. The predicted octanol–water partition coefficient (Wildman–Crippen LogP) is 4.12. The summed E-state index contributed by atoms with van der Waals surface area (Å²) in [4.78, 5) is 0. The number of allylic oxidation sites excluding steroid dienone is 4. The van der Waals surface area contributed by atoms with Crippen LogP contribution in [-0.2, 0) is 10.8 Å². The van der Waals surface area contributed by atoms with Crippen LogP contribution in [0.1, 0.15) is 38.3 Å². The van der Waals surface area contributed by atoms with E-state index in [-0.39, 0.29) is 5.41 Å². The van der Waals surface area contributed by atoms with Crippen LogP contribution in [0.5, 0.6) is 0 Å². The summed E-state index contributed by atoms with van der Waals surface area (Å²) in [7, 11) is 0. The van der Waals surface area contributed by atoms with E-state index in [4.69, 9.17) is 0 Å². The highest BCUT2D eigenvalue weighted by Gasteiger charge is 2.77. The van der Waals surface area contributed by atoms with E-state index >= 15 is 0 Å². The molecule has 0 aliphatic heterocycles. The molecule has 17 heavy (non-hydrogen) atoms. The van der Waals surface area contributed by atoms with E-state index in [0.717, 1.165) is 0 Å². The molecule has 1 fully saturated rings. The van der Waals surface area contributed by atoms with Gasteiger partial charge >= 0.3 is 0 Å². The number of rotatable bonds is 0. The van der Waals surface area contributed by atoms with E-state index in [0.29, 0.717) is 10.8 Å². The van der Waals surface area contributed by atoms with Crippen molar-refractivity contribution in [3.8, 4) is 0 Å². The largest absolute Gasteiger partial charge is 0.0733 e. The standard InChI is InChI=1S/C17H18/c1-12-8-9-16-11-17(16,10-12)15(2,3)13-6-4-5-7-14(13)16/h4-10H,11H2,1-3H3. The quantitative estimate of drug-likeness (QED) is 0.619. The summed E-state index contributed by atoms with van der Waals surface area (Å²) >= 11 is 0. The van der Waals surface area contributed by atoms with Crippen LogP contribution in [0.2, 0.25) is 0 Å². The van der Waals surface area contributed by atoms with Crippen LogP contribution < -0.4 is 0 Å². The van der Waals surface area contributed by atoms with Gasteiger partial charge in [-0.2, -0.15) is 0 Å². The third-order valence-corrected chi connectivity index (χ3v) is 5.53. The summed E-state index contributed by atoms with van der Waals surface area (Å²) in [5.74, 6) is 0. The van der Waals surface area contributed by atoms with Crippen LogP contribution >= 0.6 is 0 Å². The minimum Gasteiger partial charge on any atom is -0.0733 e. The van der Waals surface area contributed by atoms with Gasteiger partial charge in [0.05, 0.1) is 0 Å². The molecule has 3 aliphatic rings. The lowest BCUT2D eigenvalue weighted by Gasteiger charge is -2.32. The first-order chi connectivity index (χ1) is 8.04. The summed E-state index contributed by atoms with van der Waals surface area (Å²) in [5, 5.41) is 0. The molecule has 1 aromatic rings. The molecule has 0 heteroatoms. The molecule has 0 bridgehead atoms. The van der Waals surface area contributed by atoms with Crippen molar-refractivity contribution in [3.05, 3.63) is 59.2 Å². The van der Waals surface area contributed by atoms with Gasteiger partial charge in [0, 0.05) is 16.2 Å². The van der Waals surface area contributed by atoms with Crippen LogP contribution in [0, 0.1) is 5.41 Å². The lowest BCUT2D eigenvalue weighted by molar-refractivity contribution is 0.358. The lowest BCUT2D eigenvalue weighted by atomic mass is 9.71. The molecule has 0 radical (unpaired) electrons. The molecule has 2 unspecified atom stereocenters. The van der Waals surface area contributed by atoms with Gasteiger partial charge in [0.15, 0.2) is 0 Å². The van der Waals surface area contributed by atoms with Crippen molar-refractivity contribution in [3.63, 3.8) is 0 Å². The van der Waals surface area contributed by atoms with Gasteiger partial charge in [-0.1, -0.05) is 61.9 Å². The highest BCUT2D eigenvalue weighted by molar-refractivity contribution is 5.65. The Kier molecular flexibility index (Phi) is 1.39. The Balaban J connectivity index is 2.07. The Hall–Kier alpha value is -1.30. The maximum atomic E-state index is 2.53. The zero-order valence-electron chi connectivity index (χ0n) is 10.7. The van der Waals surface area contributed by atoms with Gasteiger partial charge in [0.2, 0.25) is 0 Å². The molecule has 0 spiro atoms. The van der Waals surface area contributed by atoms with E-state index in [1.807, 2.05) is 0 Å². The minimum absolute atomic E-state index is 0.273. The fraction of sp³-hybridized carbons (Fsp3) is 0.412. The molecule has 4 rings (SSSR count). The summed E-state index contributed by atoms with van der Waals surface area (Å²) in [5.41, 5.74) is 5.52. The molecule has 0 amide bonds. The second kappa shape index (κ2) is 2.43. The molecule has 1 aromatic carbocycles. The van der Waals surface area contributed by atoms with Crippen molar-refractivity contribution in [1.29, 1.82) is 0 Å². The molecule has 2 atom stereocenters. The monoisotopic (exact) mass is 222 g/mol. The highest BCUT2D eigenvalue weighted by Crippen LogP contribution is 2.80. The Bertz CT molecular complexity index is 588. The molecule has 0 heterocycles. The second-order valence-electron chi connectivity index (χ2n) is 6.51. The molecule has 86 valence electrons. The van der Waals surface area contributed by atoms with Crippen molar-refractivity contribution >= 4 is 0 Å². The maximum absolute atomic E-state index is 2.53. The van der Waals surface area contributed by atoms with Gasteiger partial charge in [-0.05, 0) is 24.5 Å². The van der Waals surface area contributed by atoms with E-state index in [2.05, 4.69) is 63.3 Å². The van der Waals surface area contributed by atoms with E-state index in [1.54, 1.807) is 11.1 Å². The number of hydrogen-bond acceptors (Lipinski definition) is 0. The highest BCUT2D eigenvalue weighted by atomic mass is 14.8. The minimum atomic E-state index is 0.273. The number of hydrogen-bond donors (Lipinski definition) is 0. The summed E-state index contributed by atoms with van der Waals surface area (Å²) in [6, 6.07) is 9.04. The number of fused-ring (bicyclic) bond motifs is 1. The van der Waals surface area contributed by atoms with Gasteiger partial charge in [-0.3, -0.25) is 0 Å². The fourth-order valence-corrected chi connectivity index (χ4v) is 4.54. The van der Waals surface area contributed by atoms with Gasteiger partial charge in [0.25, 0.3) is 0 Å². The van der Waals surface area contributed by atoms with Gasteiger partial charge in [-0.15, -0.1) is 0 Å². The first kappa shape index (κ1) is 9.70. The van der Waals surface area contributed by atoms with Crippen molar-refractivity contribution in [2.24, 2.45) is 5.41 Å². The number of benzene rings is 1. The van der Waals surface area contributed by atoms with E-state index in [1.165, 1.54) is 12.0 Å². The first-order valence-corrected chi connectivity index (χ1v) is 6.52. The Morgan fingerprint density at radius 1 is 1.06 bits per heavy atom. The van der Waals surface area contributed by atoms with Crippen molar-refractivity contribution in [1.82, 2.24) is 0 Å². The van der Waals surface area contributed by atoms with Crippen LogP contribution in [0.3, 0.4) is 0 Å². The van der Waals surface area contributed by atoms with Gasteiger partial charge < -0.3 is 0 Å². The van der Waals surface area contributed by atoms with Gasteiger partial charge in [-0.25, -0.2) is 0 Å². The molecule has 3 aliphatic carbocycles. The molecule has 0 nitrogen and oxygen atoms in total. The zero-order valence-corrected chi connectivity index (χ0v) is 10.7. The van der Waals surface area contributed by atoms with E-state index < -0.39 is 0 Å². The lowest BCUT2D eigenvalue weighted by Crippen LogP contribution is -2.29. The van der Waals surface area contributed by atoms with Crippen LogP contribution in [0.15, 0.2) is 48.1 Å². The third-order valence-electron chi connectivity index (χ3n) is 5.53. The first-order valence-electron chi connectivity index (χ1n) is 6.52. The van der Waals surface area contributed by atoms with Crippen LogP contribution in [0.4, 0.5) is 0 Å². The summed E-state index contributed by atoms with van der Waals surface area (Å²) in [6.45, 7) is 7.07. The smallest absolute Gasteiger partial charge is 0.0247 e. The molecule has 1 saturated carbocycles. The normalized spacial score (nSPS) is 39.1. The van der Waals surface area contributed by atoms with Crippen molar-refractivity contribution in [2.75, 3.05) is 0 Å².